The zero-order valence-electron chi connectivity index (χ0n) is 8.82. The molecule has 0 fully saturated rings. The van der Waals surface area contributed by atoms with E-state index in [-0.39, 0.29) is 0 Å². The summed E-state index contributed by atoms with van der Waals surface area (Å²) in [4.78, 5) is 11.1. The number of carbonyl (C=O) groups is 1. The molecule has 2 heteroatoms. The van der Waals surface area contributed by atoms with Crippen molar-refractivity contribution in [3.63, 3.8) is 0 Å². The van der Waals surface area contributed by atoms with Crippen LogP contribution in [0.3, 0.4) is 0 Å². The summed E-state index contributed by atoms with van der Waals surface area (Å²) < 4.78 is 5.10. The molecule has 0 aromatic heterocycles. The highest BCUT2D eigenvalue weighted by Gasteiger charge is 2.11. The lowest BCUT2D eigenvalue weighted by molar-refractivity contribution is -0.118. The number of hydrogen-bond acceptors (Lipinski definition) is 2. The standard InChI is InChI=1S/C13H14O2/c1-15-13-8-4-11(5-9-13)10-2-6-12(14)7-3-10/h2,4-5,8-9H,3,6-7H2,1H3. The minimum atomic E-state index is 0.340. The summed E-state index contributed by atoms with van der Waals surface area (Å²) in [6.45, 7) is 0. The Morgan fingerprint density at radius 1 is 1.13 bits per heavy atom. The van der Waals surface area contributed by atoms with E-state index in [2.05, 4.69) is 0 Å². The fourth-order valence-electron chi connectivity index (χ4n) is 1.78. The smallest absolute Gasteiger partial charge is 0.137 e. The van der Waals surface area contributed by atoms with Gasteiger partial charge >= 0.3 is 0 Å². The third-order valence-corrected chi connectivity index (χ3v) is 2.71. The van der Waals surface area contributed by atoms with Gasteiger partial charge in [0.05, 0.1) is 7.11 Å². The van der Waals surface area contributed by atoms with Crippen molar-refractivity contribution in [1.82, 2.24) is 0 Å². The van der Waals surface area contributed by atoms with Crippen LogP contribution in [0.5, 0.6) is 5.75 Å². The van der Waals surface area contributed by atoms with Gasteiger partial charge in [-0.3, -0.25) is 4.79 Å². The summed E-state index contributed by atoms with van der Waals surface area (Å²) in [7, 11) is 1.66. The van der Waals surface area contributed by atoms with Crippen LogP contribution in [-0.2, 0) is 4.79 Å². The second-order valence-corrected chi connectivity index (χ2v) is 3.70. The molecule has 0 atom stereocenters. The molecule has 2 rings (SSSR count). The van der Waals surface area contributed by atoms with E-state index in [1.165, 1.54) is 11.1 Å². The molecule has 1 aromatic carbocycles. The van der Waals surface area contributed by atoms with Crippen LogP contribution >= 0.6 is 0 Å². The monoisotopic (exact) mass is 202 g/mol. The van der Waals surface area contributed by atoms with Gasteiger partial charge in [-0.05, 0) is 29.7 Å². The highest BCUT2D eigenvalue weighted by Crippen LogP contribution is 2.26. The van der Waals surface area contributed by atoms with Crippen LogP contribution in [0.15, 0.2) is 30.3 Å². The number of methoxy groups -OCH3 is 1. The van der Waals surface area contributed by atoms with Gasteiger partial charge in [0.15, 0.2) is 0 Å². The number of Topliss-reactive ketones (excluding diaryl/α,β-unsaturated/α-hetero) is 1. The topological polar surface area (TPSA) is 26.3 Å². The Balaban J connectivity index is 2.19. The van der Waals surface area contributed by atoms with Crippen LogP contribution in [0.4, 0.5) is 0 Å². The molecule has 78 valence electrons. The molecule has 0 aliphatic heterocycles. The molecule has 2 nitrogen and oxygen atoms in total. The quantitative estimate of drug-likeness (QED) is 0.737. The van der Waals surface area contributed by atoms with Crippen LogP contribution in [0.2, 0.25) is 0 Å². The zero-order valence-corrected chi connectivity index (χ0v) is 8.82. The van der Waals surface area contributed by atoms with E-state index < -0.39 is 0 Å². The second kappa shape index (κ2) is 4.30. The molecule has 0 saturated heterocycles. The molecule has 1 aliphatic carbocycles. The summed E-state index contributed by atoms with van der Waals surface area (Å²) in [6, 6.07) is 7.99. The van der Waals surface area contributed by atoms with Crippen molar-refractivity contribution in [2.24, 2.45) is 0 Å². The van der Waals surface area contributed by atoms with Crippen molar-refractivity contribution in [3.05, 3.63) is 35.9 Å². The van der Waals surface area contributed by atoms with Crippen LogP contribution < -0.4 is 4.74 Å². The molecule has 0 bridgehead atoms. The van der Waals surface area contributed by atoms with Gasteiger partial charge < -0.3 is 4.74 Å². The van der Waals surface area contributed by atoms with E-state index in [0.29, 0.717) is 18.6 Å². The number of rotatable bonds is 2. The van der Waals surface area contributed by atoms with Crippen molar-refractivity contribution in [2.75, 3.05) is 7.11 Å². The Morgan fingerprint density at radius 3 is 2.40 bits per heavy atom. The van der Waals surface area contributed by atoms with Crippen molar-refractivity contribution in [2.45, 2.75) is 19.3 Å². The average molecular weight is 202 g/mol. The maximum Gasteiger partial charge on any atom is 0.137 e. The Bertz CT molecular complexity index is 388. The number of ether oxygens (including phenoxy) is 1. The van der Waals surface area contributed by atoms with Crippen LogP contribution in [0, 0.1) is 0 Å². The van der Waals surface area contributed by atoms with Gasteiger partial charge in [-0.15, -0.1) is 0 Å². The lowest BCUT2D eigenvalue weighted by Crippen LogP contribution is -2.02. The first-order chi connectivity index (χ1) is 7.29. The van der Waals surface area contributed by atoms with Gasteiger partial charge in [0.25, 0.3) is 0 Å². The molecule has 0 spiro atoms. The number of ketones is 1. The molecule has 0 heterocycles. The molecule has 1 aliphatic rings. The first kappa shape index (κ1) is 9.97. The second-order valence-electron chi connectivity index (χ2n) is 3.70. The minimum Gasteiger partial charge on any atom is -0.497 e. The molecule has 0 radical (unpaired) electrons. The van der Waals surface area contributed by atoms with E-state index in [0.717, 1.165) is 12.2 Å². The summed E-state index contributed by atoms with van der Waals surface area (Å²) in [5.74, 6) is 1.21. The lowest BCUT2D eigenvalue weighted by atomic mass is 9.93. The highest BCUT2D eigenvalue weighted by molar-refractivity contribution is 5.86. The Labute approximate surface area is 89.6 Å². The third-order valence-electron chi connectivity index (χ3n) is 2.71. The largest absolute Gasteiger partial charge is 0.497 e. The fraction of sp³-hybridized carbons (Fsp3) is 0.308. The van der Waals surface area contributed by atoms with E-state index in [9.17, 15) is 4.79 Å². The molecule has 0 unspecified atom stereocenters. The van der Waals surface area contributed by atoms with Crippen LogP contribution in [0.25, 0.3) is 5.57 Å². The summed E-state index contributed by atoms with van der Waals surface area (Å²) in [6.07, 6.45) is 4.16. The molecule has 0 amide bonds. The Morgan fingerprint density at radius 2 is 1.87 bits per heavy atom. The van der Waals surface area contributed by atoms with E-state index in [1.807, 2.05) is 30.3 Å². The highest BCUT2D eigenvalue weighted by atomic mass is 16.5. The van der Waals surface area contributed by atoms with Gasteiger partial charge in [0.2, 0.25) is 0 Å². The van der Waals surface area contributed by atoms with Gasteiger partial charge in [0.1, 0.15) is 11.5 Å². The first-order valence-electron chi connectivity index (χ1n) is 5.15. The summed E-state index contributed by atoms with van der Waals surface area (Å²) in [5.41, 5.74) is 2.47. The maximum atomic E-state index is 11.1. The van der Waals surface area contributed by atoms with Crippen LogP contribution in [0.1, 0.15) is 24.8 Å². The van der Waals surface area contributed by atoms with E-state index in [1.54, 1.807) is 7.11 Å². The maximum absolute atomic E-state index is 11.1. The van der Waals surface area contributed by atoms with Crippen LogP contribution in [-0.4, -0.2) is 12.9 Å². The summed E-state index contributed by atoms with van der Waals surface area (Å²) >= 11 is 0. The molecular formula is C13H14O2. The van der Waals surface area contributed by atoms with Gasteiger partial charge in [-0.2, -0.15) is 0 Å². The Hall–Kier alpha value is -1.57. The van der Waals surface area contributed by atoms with Crippen molar-refractivity contribution >= 4 is 11.4 Å². The first-order valence-corrected chi connectivity index (χ1v) is 5.15. The number of carbonyl (C=O) groups excluding carboxylic acids is 1. The summed E-state index contributed by atoms with van der Waals surface area (Å²) in [5, 5.41) is 0. The van der Waals surface area contributed by atoms with E-state index >= 15 is 0 Å². The number of hydrogen-bond donors (Lipinski definition) is 0. The molecule has 1 aromatic rings. The predicted octanol–water partition coefficient (Wildman–Crippen LogP) is 2.83. The van der Waals surface area contributed by atoms with Crippen molar-refractivity contribution < 1.29 is 9.53 Å². The normalized spacial score (nSPS) is 16.1. The zero-order chi connectivity index (χ0) is 10.7. The molecular weight excluding hydrogens is 188 g/mol. The Kier molecular flexibility index (Phi) is 2.86. The molecule has 15 heavy (non-hydrogen) atoms. The van der Waals surface area contributed by atoms with E-state index in [4.69, 9.17) is 4.74 Å². The van der Waals surface area contributed by atoms with Gasteiger partial charge in [-0.25, -0.2) is 0 Å². The fourth-order valence-corrected chi connectivity index (χ4v) is 1.78. The third kappa shape index (κ3) is 2.27. The SMILES string of the molecule is COc1ccc(C2=CCC(=O)CC2)cc1. The average Bonchev–Trinajstić information content (AvgIpc) is 2.30. The lowest BCUT2D eigenvalue weighted by Gasteiger charge is -2.12. The molecule has 0 saturated carbocycles. The number of benzene rings is 1. The molecule has 0 N–H and O–H groups in total. The van der Waals surface area contributed by atoms with Gasteiger partial charge in [0, 0.05) is 12.8 Å². The number of allylic oxidation sites excluding steroid dienone is 2. The predicted molar refractivity (Wildman–Crippen MR) is 59.8 cm³/mol. The minimum absolute atomic E-state index is 0.340. The van der Waals surface area contributed by atoms with Gasteiger partial charge in [-0.1, -0.05) is 18.2 Å². The van der Waals surface area contributed by atoms with Crippen molar-refractivity contribution in [3.8, 4) is 5.75 Å². The van der Waals surface area contributed by atoms with Crippen molar-refractivity contribution in [1.29, 1.82) is 0 Å².